The molecule has 0 spiro atoms. The van der Waals surface area contributed by atoms with Crippen molar-refractivity contribution in [3.8, 4) is 0 Å². The number of rotatable bonds is 5. The number of hydrogen-bond donors (Lipinski definition) is 0. The van der Waals surface area contributed by atoms with Gasteiger partial charge in [-0.25, -0.2) is 13.2 Å². The molecule has 14 heavy (non-hydrogen) atoms. The predicted molar refractivity (Wildman–Crippen MR) is 50.2 cm³/mol. The summed E-state index contributed by atoms with van der Waals surface area (Å²) in [6, 6.07) is 0. The van der Waals surface area contributed by atoms with E-state index in [0.717, 1.165) is 19.3 Å². The molecule has 1 atom stereocenters. The van der Waals surface area contributed by atoms with E-state index in [0.29, 0.717) is 7.18 Å². The summed E-state index contributed by atoms with van der Waals surface area (Å²) in [6.45, 7) is 1.61. The van der Waals surface area contributed by atoms with Crippen LogP contribution in [-0.2, 0) is 4.74 Å². The lowest BCUT2D eigenvalue weighted by Crippen LogP contribution is -2.06. The summed E-state index contributed by atoms with van der Waals surface area (Å²) in [7, 11) is 0.500. The molecule has 0 amide bonds. The second-order valence-electron chi connectivity index (χ2n) is 2.33. The minimum Gasteiger partial charge on any atom is -0.348 e. The lowest BCUT2D eigenvalue weighted by Gasteiger charge is -2.07. The lowest BCUT2D eigenvalue weighted by atomic mass is 10.2. The average molecular weight is 220 g/mol. The highest BCUT2D eigenvalue weighted by molar-refractivity contribution is 4.47. The van der Waals surface area contributed by atoms with E-state index in [1.807, 2.05) is 6.92 Å². The molecule has 0 bridgehead atoms. The Morgan fingerprint density at radius 2 is 1.57 bits per heavy atom. The molecule has 0 aromatic heterocycles. The molecule has 0 heterocycles. The molecular weight excluding hydrogens is 200 g/mol. The number of hydrogen-bond acceptors (Lipinski definition) is 1. The maximum absolute atomic E-state index is 11.4. The van der Waals surface area contributed by atoms with Gasteiger partial charge in [0.25, 0.3) is 0 Å². The number of alkyl halides is 4. The molecule has 0 saturated carbocycles. The zero-order chi connectivity index (χ0) is 11.8. The Bertz CT molecular complexity index is 73.8. The Hall–Kier alpha value is -0.320. The van der Waals surface area contributed by atoms with E-state index >= 15 is 0 Å². The summed E-state index contributed by atoms with van der Waals surface area (Å²) in [5.41, 5.74) is 0. The van der Waals surface area contributed by atoms with Crippen LogP contribution in [0.2, 0.25) is 0 Å². The smallest absolute Gasteiger partial charge is 0.229 e. The van der Waals surface area contributed by atoms with Gasteiger partial charge in [-0.3, -0.25) is 4.39 Å². The minimum absolute atomic E-state index is 0.0925. The Morgan fingerprint density at radius 1 is 1.14 bits per heavy atom. The first-order valence-corrected chi connectivity index (χ1v) is 4.40. The summed E-state index contributed by atoms with van der Waals surface area (Å²) < 4.78 is 44.9. The fraction of sp³-hybridized carbons (Fsp3) is 1.00. The van der Waals surface area contributed by atoms with Gasteiger partial charge in [0.05, 0.1) is 13.3 Å². The number of ether oxygens (including phenoxy) is 1. The van der Waals surface area contributed by atoms with E-state index in [9.17, 15) is 17.6 Å². The summed E-state index contributed by atoms with van der Waals surface area (Å²) >= 11 is 0. The van der Waals surface area contributed by atoms with Gasteiger partial charge in [-0.1, -0.05) is 19.8 Å². The molecule has 0 aromatic rings. The maximum atomic E-state index is 11.4. The zero-order valence-electron chi connectivity index (χ0n) is 9.03. The van der Waals surface area contributed by atoms with E-state index in [2.05, 4.69) is 11.7 Å². The molecule has 0 fully saturated rings. The number of halogens is 4. The Morgan fingerprint density at radius 3 is 1.86 bits per heavy atom. The summed E-state index contributed by atoms with van der Waals surface area (Å²) in [4.78, 5) is 0. The van der Waals surface area contributed by atoms with Crippen molar-refractivity contribution in [3.63, 3.8) is 0 Å². The van der Waals surface area contributed by atoms with Crippen molar-refractivity contribution >= 4 is 0 Å². The van der Waals surface area contributed by atoms with E-state index in [1.54, 1.807) is 0 Å². The quantitative estimate of drug-likeness (QED) is 0.637. The van der Waals surface area contributed by atoms with Crippen LogP contribution in [0.1, 0.15) is 33.1 Å². The van der Waals surface area contributed by atoms with Crippen LogP contribution in [-0.4, -0.2) is 27.1 Å². The highest BCUT2D eigenvalue weighted by Gasteiger charge is 1.98. The minimum atomic E-state index is -1.75. The number of unbranched alkanes of at least 4 members (excludes halogenated alkanes) is 1. The van der Waals surface area contributed by atoms with Gasteiger partial charge in [-0.2, -0.15) is 0 Å². The standard InChI is InChI=1S/C7H15FO.CH2F2.CH3F/c1-3-4-5-7(2)9-6-8;2-1-3;1-2/h7H,3-6H2,1-2H3;1H2;1H3/t7-;;/m0../s1. The molecule has 5 heteroatoms. The molecule has 0 radical (unpaired) electrons. The first kappa shape index (κ1) is 19.3. The first-order chi connectivity index (χ1) is 6.72. The second kappa shape index (κ2) is 23.0. The van der Waals surface area contributed by atoms with Gasteiger partial charge in [0.2, 0.25) is 6.93 Å². The molecule has 0 N–H and O–H groups in total. The summed E-state index contributed by atoms with van der Waals surface area (Å²) in [5, 5.41) is 0. The van der Waals surface area contributed by atoms with Gasteiger partial charge in [0.15, 0.2) is 6.86 Å². The van der Waals surface area contributed by atoms with E-state index in [1.165, 1.54) is 0 Å². The van der Waals surface area contributed by atoms with E-state index in [-0.39, 0.29) is 6.10 Å². The normalized spacial score (nSPS) is 10.5. The molecule has 0 unspecified atom stereocenters. The molecule has 0 rings (SSSR count). The highest BCUT2D eigenvalue weighted by Crippen LogP contribution is 2.02. The predicted octanol–water partition coefficient (Wildman–Crippen LogP) is 3.98. The van der Waals surface area contributed by atoms with Crippen LogP contribution >= 0.6 is 0 Å². The molecule has 1 nitrogen and oxygen atoms in total. The Balaban J connectivity index is -0.000000205. The Labute approximate surface area is 83.4 Å². The van der Waals surface area contributed by atoms with Crippen LogP contribution in [0, 0.1) is 0 Å². The third-order valence-electron chi connectivity index (χ3n) is 1.31. The van der Waals surface area contributed by atoms with Crippen molar-refractivity contribution in [2.75, 3.05) is 21.0 Å². The van der Waals surface area contributed by atoms with Gasteiger partial charge in [-0.05, 0) is 13.3 Å². The molecule has 90 valence electrons. The SMILES string of the molecule is CCCC[C@H](C)OCF.CF.FCF. The fourth-order valence-corrected chi connectivity index (χ4v) is 0.682. The van der Waals surface area contributed by atoms with Gasteiger partial charge >= 0.3 is 0 Å². The van der Waals surface area contributed by atoms with Crippen LogP contribution in [0.4, 0.5) is 17.6 Å². The topological polar surface area (TPSA) is 9.23 Å². The third-order valence-corrected chi connectivity index (χ3v) is 1.31. The van der Waals surface area contributed by atoms with Crippen LogP contribution in [0.3, 0.4) is 0 Å². The van der Waals surface area contributed by atoms with Crippen molar-refractivity contribution in [2.24, 2.45) is 0 Å². The maximum Gasteiger partial charge on any atom is 0.229 e. The molecule has 0 aliphatic carbocycles. The largest absolute Gasteiger partial charge is 0.348 e. The molecular formula is C9H20F4O. The lowest BCUT2D eigenvalue weighted by molar-refractivity contribution is 0.000660. The van der Waals surface area contributed by atoms with Crippen molar-refractivity contribution in [2.45, 2.75) is 39.2 Å². The molecule has 0 aliphatic heterocycles. The van der Waals surface area contributed by atoms with Crippen molar-refractivity contribution < 1.29 is 22.3 Å². The fourth-order valence-electron chi connectivity index (χ4n) is 0.682. The van der Waals surface area contributed by atoms with Gasteiger partial charge in [0.1, 0.15) is 0 Å². The van der Waals surface area contributed by atoms with Crippen molar-refractivity contribution in [1.29, 1.82) is 0 Å². The van der Waals surface area contributed by atoms with Crippen molar-refractivity contribution in [1.82, 2.24) is 0 Å². The van der Waals surface area contributed by atoms with Crippen LogP contribution in [0.25, 0.3) is 0 Å². The summed E-state index contributed by atoms with van der Waals surface area (Å²) in [5.74, 6) is 0. The average Bonchev–Trinajstić information content (AvgIpc) is 2.20. The van der Waals surface area contributed by atoms with E-state index in [4.69, 9.17) is 0 Å². The summed E-state index contributed by atoms with van der Waals surface area (Å²) in [6.07, 6.45) is 3.34. The highest BCUT2D eigenvalue weighted by atomic mass is 19.3. The van der Waals surface area contributed by atoms with Crippen molar-refractivity contribution in [3.05, 3.63) is 0 Å². The van der Waals surface area contributed by atoms with Gasteiger partial charge < -0.3 is 4.74 Å². The van der Waals surface area contributed by atoms with Crippen LogP contribution in [0.5, 0.6) is 0 Å². The zero-order valence-corrected chi connectivity index (χ0v) is 9.03. The molecule has 0 saturated heterocycles. The monoisotopic (exact) mass is 220 g/mol. The van der Waals surface area contributed by atoms with Gasteiger partial charge in [0, 0.05) is 0 Å². The third kappa shape index (κ3) is 29.9. The van der Waals surface area contributed by atoms with Gasteiger partial charge in [-0.15, -0.1) is 0 Å². The first-order valence-electron chi connectivity index (χ1n) is 4.40. The molecule has 0 aromatic carbocycles. The van der Waals surface area contributed by atoms with Crippen LogP contribution in [0.15, 0.2) is 0 Å². The molecule has 0 aliphatic rings. The Kier molecular flexibility index (Phi) is 31.6. The second-order valence-corrected chi connectivity index (χ2v) is 2.33. The van der Waals surface area contributed by atoms with E-state index < -0.39 is 13.8 Å². The van der Waals surface area contributed by atoms with Crippen LogP contribution < -0.4 is 0 Å².